The minimum atomic E-state index is -0.381. The van der Waals surface area contributed by atoms with Crippen molar-refractivity contribution in [1.29, 1.82) is 0 Å². The molecule has 0 radical (unpaired) electrons. The molecular formula is C22H24N6O2S. The van der Waals surface area contributed by atoms with Gasteiger partial charge in [0.15, 0.2) is 5.69 Å². The number of piperazine rings is 1. The molecule has 3 N–H and O–H groups in total. The molecule has 1 aliphatic rings. The van der Waals surface area contributed by atoms with Gasteiger partial charge in [0.1, 0.15) is 10.7 Å². The molecule has 0 saturated carbocycles. The highest BCUT2D eigenvalue weighted by Crippen LogP contribution is 2.24. The molecule has 0 spiro atoms. The number of carbonyl (C=O) groups is 2. The molecule has 3 aromatic rings. The normalized spacial score (nSPS) is 13.8. The summed E-state index contributed by atoms with van der Waals surface area (Å²) in [7, 11) is 0. The second kappa shape index (κ2) is 9.13. The first-order chi connectivity index (χ1) is 15.0. The first-order valence-corrected chi connectivity index (χ1v) is 10.8. The lowest BCUT2D eigenvalue weighted by atomic mass is 10.1. The third-order valence-corrected chi connectivity index (χ3v) is 6.10. The molecule has 160 valence electrons. The van der Waals surface area contributed by atoms with Crippen molar-refractivity contribution < 1.29 is 9.59 Å². The fourth-order valence-corrected chi connectivity index (χ4v) is 4.18. The smallest absolute Gasteiger partial charge is 0.273 e. The monoisotopic (exact) mass is 436 g/mol. The number of nitrogens with one attached hydrogen (secondary N) is 1. The second-order valence-electron chi connectivity index (χ2n) is 7.41. The number of aryl methyl sites for hydroxylation is 1. The minimum absolute atomic E-state index is 0.104. The van der Waals surface area contributed by atoms with Gasteiger partial charge in [-0.15, -0.1) is 0 Å². The Kier molecular flexibility index (Phi) is 6.13. The molecule has 8 nitrogen and oxygen atoms in total. The van der Waals surface area contributed by atoms with Crippen LogP contribution in [-0.4, -0.2) is 52.3 Å². The average Bonchev–Trinajstić information content (AvgIpc) is 3.20. The molecule has 0 unspecified atom stereocenters. The van der Waals surface area contributed by atoms with Crippen molar-refractivity contribution in [3.8, 4) is 0 Å². The van der Waals surface area contributed by atoms with Crippen LogP contribution in [0.1, 0.15) is 31.3 Å². The molecule has 1 aromatic carbocycles. The SMILES string of the molecule is Cc1ccc(CNC(=O)c2nsc(C(=O)N3CCN(c4ccccn4)CC3)c2N)cc1. The van der Waals surface area contributed by atoms with Gasteiger partial charge in [-0.1, -0.05) is 35.9 Å². The lowest BCUT2D eigenvalue weighted by molar-refractivity contribution is 0.0752. The van der Waals surface area contributed by atoms with Gasteiger partial charge < -0.3 is 20.9 Å². The molecule has 0 atom stereocenters. The Labute approximate surface area is 184 Å². The van der Waals surface area contributed by atoms with Crippen molar-refractivity contribution in [2.75, 3.05) is 36.8 Å². The van der Waals surface area contributed by atoms with E-state index in [4.69, 9.17) is 5.73 Å². The minimum Gasteiger partial charge on any atom is -0.395 e. The molecule has 0 bridgehead atoms. The summed E-state index contributed by atoms with van der Waals surface area (Å²) in [6.07, 6.45) is 1.76. The van der Waals surface area contributed by atoms with E-state index < -0.39 is 0 Å². The molecular weight excluding hydrogens is 412 g/mol. The lowest BCUT2D eigenvalue weighted by Crippen LogP contribution is -2.49. The number of amides is 2. The van der Waals surface area contributed by atoms with E-state index in [9.17, 15) is 9.59 Å². The van der Waals surface area contributed by atoms with Gasteiger partial charge in [0.05, 0.1) is 5.69 Å². The van der Waals surface area contributed by atoms with Gasteiger partial charge in [-0.2, -0.15) is 4.37 Å². The first kappa shape index (κ1) is 20.8. The highest BCUT2D eigenvalue weighted by atomic mass is 32.1. The van der Waals surface area contributed by atoms with E-state index in [2.05, 4.69) is 19.6 Å². The van der Waals surface area contributed by atoms with Crippen LogP contribution in [0.4, 0.5) is 11.5 Å². The maximum atomic E-state index is 13.0. The van der Waals surface area contributed by atoms with Crippen LogP contribution in [0.2, 0.25) is 0 Å². The van der Waals surface area contributed by atoms with Gasteiger partial charge in [-0.3, -0.25) is 9.59 Å². The number of rotatable bonds is 5. The molecule has 0 aliphatic carbocycles. The fraction of sp³-hybridized carbons (Fsp3) is 0.273. The molecule has 3 heterocycles. The number of aromatic nitrogens is 2. The zero-order valence-electron chi connectivity index (χ0n) is 17.2. The van der Waals surface area contributed by atoms with E-state index in [1.54, 1.807) is 11.1 Å². The fourth-order valence-electron chi connectivity index (χ4n) is 3.41. The number of carbonyl (C=O) groups excluding carboxylic acids is 2. The van der Waals surface area contributed by atoms with E-state index in [1.807, 2.05) is 49.4 Å². The van der Waals surface area contributed by atoms with E-state index in [1.165, 1.54) is 0 Å². The van der Waals surface area contributed by atoms with Crippen molar-refractivity contribution in [3.63, 3.8) is 0 Å². The van der Waals surface area contributed by atoms with Gasteiger partial charge in [-0.05, 0) is 36.2 Å². The largest absolute Gasteiger partial charge is 0.395 e. The highest BCUT2D eigenvalue weighted by molar-refractivity contribution is 7.09. The maximum Gasteiger partial charge on any atom is 0.273 e. The second-order valence-corrected chi connectivity index (χ2v) is 8.18. The molecule has 1 aliphatic heterocycles. The van der Waals surface area contributed by atoms with Gasteiger partial charge in [0.2, 0.25) is 0 Å². The number of hydrogen-bond acceptors (Lipinski definition) is 7. The third-order valence-electron chi connectivity index (χ3n) is 5.25. The van der Waals surface area contributed by atoms with Crippen molar-refractivity contribution in [3.05, 3.63) is 70.4 Å². The predicted molar refractivity (Wildman–Crippen MR) is 121 cm³/mol. The summed E-state index contributed by atoms with van der Waals surface area (Å²) in [5.41, 5.74) is 8.52. The van der Waals surface area contributed by atoms with Gasteiger partial charge >= 0.3 is 0 Å². The molecule has 31 heavy (non-hydrogen) atoms. The summed E-state index contributed by atoms with van der Waals surface area (Å²) in [5.74, 6) is 0.334. The van der Waals surface area contributed by atoms with Crippen LogP contribution in [0.15, 0.2) is 48.7 Å². The Morgan fingerprint density at radius 2 is 1.84 bits per heavy atom. The summed E-state index contributed by atoms with van der Waals surface area (Å²) in [6, 6.07) is 13.7. The Balaban J connectivity index is 1.36. The quantitative estimate of drug-likeness (QED) is 0.636. The van der Waals surface area contributed by atoms with Crippen LogP contribution in [0, 0.1) is 6.92 Å². The molecule has 9 heteroatoms. The molecule has 1 saturated heterocycles. The topological polar surface area (TPSA) is 104 Å². The Morgan fingerprint density at radius 1 is 1.10 bits per heavy atom. The zero-order valence-corrected chi connectivity index (χ0v) is 18.1. The van der Waals surface area contributed by atoms with Crippen LogP contribution in [0.5, 0.6) is 0 Å². The Morgan fingerprint density at radius 3 is 2.52 bits per heavy atom. The summed E-state index contributed by atoms with van der Waals surface area (Å²) >= 11 is 0.974. The van der Waals surface area contributed by atoms with Gasteiger partial charge in [0.25, 0.3) is 11.8 Å². The number of anilines is 2. The van der Waals surface area contributed by atoms with Crippen LogP contribution < -0.4 is 16.0 Å². The molecule has 1 fully saturated rings. The Bertz CT molecular complexity index is 1060. The number of nitrogens with two attached hydrogens (primary N) is 1. The van der Waals surface area contributed by atoms with Crippen LogP contribution in [-0.2, 0) is 6.54 Å². The summed E-state index contributed by atoms with van der Waals surface area (Å²) in [6.45, 7) is 4.87. The number of nitrogens with zero attached hydrogens (tertiary/aromatic N) is 4. The van der Waals surface area contributed by atoms with E-state index in [0.717, 1.165) is 28.5 Å². The van der Waals surface area contributed by atoms with Crippen molar-refractivity contribution in [2.45, 2.75) is 13.5 Å². The van der Waals surface area contributed by atoms with Crippen molar-refractivity contribution in [1.82, 2.24) is 19.6 Å². The predicted octanol–water partition coefficient (Wildman–Crippen LogP) is 2.32. The molecule has 4 rings (SSSR count). The third kappa shape index (κ3) is 4.66. The van der Waals surface area contributed by atoms with Crippen LogP contribution in [0.3, 0.4) is 0 Å². The lowest BCUT2D eigenvalue weighted by Gasteiger charge is -2.35. The number of nitrogen functional groups attached to an aromatic ring is 1. The van der Waals surface area contributed by atoms with E-state index in [0.29, 0.717) is 37.6 Å². The Hall–Kier alpha value is -3.46. The summed E-state index contributed by atoms with van der Waals surface area (Å²) in [4.78, 5) is 34.1. The zero-order chi connectivity index (χ0) is 21.8. The molecule has 2 amide bonds. The van der Waals surface area contributed by atoms with Crippen LogP contribution in [0.25, 0.3) is 0 Å². The number of pyridine rings is 1. The standard InChI is InChI=1S/C22H24N6O2S/c1-15-5-7-16(8-6-15)14-25-21(29)19-18(23)20(31-26-19)22(30)28-12-10-27(11-13-28)17-4-2-3-9-24-17/h2-9H,10-14,23H2,1H3,(H,25,29). The van der Waals surface area contributed by atoms with Crippen molar-refractivity contribution >= 4 is 34.9 Å². The van der Waals surface area contributed by atoms with Crippen LogP contribution >= 0.6 is 11.5 Å². The van der Waals surface area contributed by atoms with Gasteiger partial charge in [-0.25, -0.2) is 4.98 Å². The number of hydrogen-bond donors (Lipinski definition) is 2. The highest BCUT2D eigenvalue weighted by Gasteiger charge is 2.28. The summed E-state index contributed by atoms with van der Waals surface area (Å²) in [5, 5.41) is 2.82. The maximum absolute atomic E-state index is 13.0. The summed E-state index contributed by atoms with van der Waals surface area (Å²) < 4.78 is 4.16. The first-order valence-electron chi connectivity index (χ1n) is 10.1. The van der Waals surface area contributed by atoms with E-state index in [-0.39, 0.29) is 23.2 Å². The molecule has 2 aromatic heterocycles. The number of benzene rings is 1. The van der Waals surface area contributed by atoms with E-state index >= 15 is 0 Å². The van der Waals surface area contributed by atoms with Crippen molar-refractivity contribution in [2.24, 2.45) is 0 Å². The average molecular weight is 437 g/mol. The van der Waals surface area contributed by atoms with Gasteiger partial charge in [0, 0.05) is 38.9 Å².